The topological polar surface area (TPSA) is 38.7 Å². The lowest BCUT2D eigenvalue weighted by atomic mass is 10.0. The van der Waals surface area contributed by atoms with Crippen LogP contribution in [0.1, 0.15) is 30.9 Å². The second-order valence-electron chi connectivity index (χ2n) is 4.28. The van der Waals surface area contributed by atoms with Gasteiger partial charge in [-0.05, 0) is 30.5 Å². The van der Waals surface area contributed by atoms with Gasteiger partial charge in [-0.1, -0.05) is 29.3 Å². The van der Waals surface area contributed by atoms with Crippen molar-refractivity contribution in [1.29, 1.82) is 0 Å². The van der Waals surface area contributed by atoms with Crippen LogP contribution in [0.4, 0.5) is 0 Å². The van der Waals surface area contributed by atoms with E-state index in [0.29, 0.717) is 28.5 Å². The van der Waals surface area contributed by atoms with Gasteiger partial charge in [0.2, 0.25) is 0 Å². The average Bonchev–Trinajstić information content (AvgIpc) is 2.37. The van der Waals surface area contributed by atoms with Crippen molar-refractivity contribution < 1.29 is 14.6 Å². The third-order valence-electron chi connectivity index (χ3n) is 2.89. The van der Waals surface area contributed by atoms with Crippen molar-refractivity contribution in [3.8, 4) is 0 Å². The van der Waals surface area contributed by atoms with Gasteiger partial charge in [0.1, 0.15) is 0 Å². The number of ether oxygens (including phenoxy) is 2. The molecule has 5 heteroatoms. The Labute approximate surface area is 117 Å². The highest BCUT2D eigenvalue weighted by Gasteiger charge is 2.18. The highest BCUT2D eigenvalue weighted by molar-refractivity contribution is 6.35. The zero-order valence-electron chi connectivity index (χ0n) is 9.94. The maximum atomic E-state index is 10.1. The number of halogens is 2. The Morgan fingerprint density at radius 2 is 2.00 bits per heavy atom. The summed E-state index contributed by atoms with van der Waals surface area (Å²) in [7, 11) is 0. The largest absolute Gasteiger partial charge is 0.388 e. The summed E-state index contributed by atoms with van der Waals surface area (Å²) in [5.74, 6) is 0. The standard InChI is InChI=1S/C13H16Cl2O3/c14-9-2-3-10(11(15)8-9)12(16)4-5-13-17-6-1-7-18-13/h2-3,8,12-13,16H,1,4-7H2/t12-/m0/s1. The molecule has 1 heterocycles. The fourth-order valence-corrected chi connectivity index (χ4v) is 2.46. The van der Waals surface area contributed by atoms with Gasteiger partial charge in [0.25, 0.3) is 0 Å². The van der Waals surface area contributed by atoms with Gasteiger partial charge in [-0.15, -0.1) is 0 Å². The third-order valence-corrected chi connectivity index (χ3v) is 3.46. The molecule has 0 aliphatic carbocycles. The van der Waals surface area contributed by atoms with E-state index in [1.165, 1.54) is 0 Å². The van der Waals surface area contributed by atoms with Crippen molar-refractivity contribution >= 4 is 23.2 Å². The van der Waals surface area contributed by atoms with E-state index < -0.39 is 6.10 Å². The number of hydrogen-bond donors (Lipinski definition) is 1. The Morgan fingerprint density at radius 3 is 2.67 bits per heavy atom. The summed E-state index contributed by atoms with van der Waals surface area (Å²) >= 11 is 11.9. The minimum absolute atomic E-state index is 0.209. The summed E-state index contributed by atoms with van der Waals surface area (Å²) in [4.78, 5) is 0. The molecule has 1 aromatic carbocycles. The van der Waals surface area contributed by atoms with Crippen molar-refractivity contribution in [3.63, 3.8) is 0 Å². The van der Waals surface area contributed by atoms with Gasteiger partial charge in [0, 0.05) is 16.5 Å². The van der Waals surface area contributed by atoms with Crippen LogP contribution in [0.15, 0.2) is 18.2 Å². The molecule has 1 fully saturated rings. The minimum Gasteiger partial charge on any atom is -0.388 e. The van der Waals surface area contributed by atoms with Gasteiger partial charge in [0.15, 0.2) is 6.29 Å². The predicted molar refractivity (Wildman–Crippen MR) is 71.0 cm³/mol. The van der Waals surface area contributed by atoms with Crippen LogP contribution in [0, 0.1) is 0 Å². The predicted octanol–water partition coefficient (Wildman–Crippen LogP) is 3.57. The van der Waals surface area contributed by atoms with E-state index in [1.807, 2.05) is 0 Å². The van der Waals surface area contributed by atoms with Gasteiger partial charge in [-0.3, -0.25) is 0 Å². The van der Waals surface area contributed by atoms with Gasteiger partial charge in [-0.2, -0.15) is 0 Å². The van der Waals surface area contributed by atoms with E-state index in [1.54, 1.807) is 18.2 Å². The molecule has 100 valence electrons. The Balaban J connectivity index is 1.88. The Hall–Kier alpha value is -0.320. The summed E-state index contributed by atoms with van der Waals surface area (Å²) in [6, 6.07) is 5.10. The second-order valence-corrected chi connectivity index (χ2v) is 5.13. The van der Waals surface area contributed by atoms with Crippen molar-refractivity contribution in [3.05, 3.63) is 33.8 Å². The Kier molecular flexibility index (Phi) is 5.27. The van der Waals surface area contributed by atoms with E-state index in [9.17, 15) is 5.11 Å². The average molecular weight is 291 g/mol. The van der Waals surface area contributed by atoms with Crippen LogP contribution >= 0.6 is 23.2 Å². The molecule has 0 radical (unpaired) electrons. The fourth-order valence-electron chi connectivity index (χ4n) is 1.92. The van der Waals surface area contributed by atoms with E-state index in [2.05, 4.69) is 0 Å². The van der Waals surface area contributed by atoms with Crippen LogP contribution in [-0.2, 0) is 9.47 Å². The first-order valence-electron chi connectivity index (χ1n) is 6.03. The molecular formula is C13H16Cl2O3. The maximum absolute atomic E-state index is 10.1. The minimum atomic E-state index is -0.621. The van der Waals surface area contributed by atoms with Gasteiger partial charge >= 0.3 is 0 Å². The molecule has 3 nitrogen and oxygen atoms in total. The molecule has 0 saturated carbocycles. The number of rotatable bonds is 4. The monoisotopic (exact) mass is 290 g/mol. The van der Waals surface area contributed by atoms with Gasteiger partial charge in [-0.25, -0.2) is 0 Å². The lowest BCUT2D eigenvalue weighted by molar-refractivity contribution is -0.183. The molecule has 0 unspecified atom stereocenters. The summed E-state index contributed by atoms with van der Waals surface area (Å²) in [6.45, 7) is 1.45. The zero-order chi connectivity index (χ0) is 13.0. The maximum Gasteiger partial charge on any atom is 0.157 e. The van der Waals surface area contributed by atoms with Crippen molar-refractivity contribution in [2.24, 2.45) is 0 Å². The summed E-state index contributed by atoms with van der Waals surface area (Å²) in [6.07, 6.45) is 1.30. The van der Waals surface area contributed by atoms with E-state index >= 15 is 0 Å². The smallest absolute Gasteiger partial charge is 0.157 e. The van der Waals surface area contributed by atoms with Crippen LogP contribution in [0.3, 0.4) is 0 Å². The molecule has 1 aliphatic rings. The Morgan fingerprint density at radius 1 is 1.28 bits per heavy atom. The normalized spacial score (nSPS) is 18.8. The SMILES string of the molecule is O[C@@H](CCC1OCCCO1)c1ccc(Cl)cc1Cl. The van der Waals surface area contributed by atoms with Crippen molar-refractivity contribution in [1.82, 2.24) is 0 Å². The van der Waals surface area contributed by atoms with Crippen molar-refractivity contribution in [2.45, 2.75) is 31.7 Å². The summed E-state index contributed by atoms with van der Waals surface area (Å²) < 4.78 is 10.9. The third kappa shape index (κ3) is 3.84. The van der Waals surface area contributed by atoms with Crippen LogP contribution < -0.4 is 0 Å². The van der Waals surface area contributed by atoms with E-state index in [-0.39, 0.29) is 6.29 Å². The summed E-state index contributed by atoms with van der Waals surface area (Å²) in [5, 5.41) is 11.1. The highest BCUT2D eigenvalue weighted by Crippen LogP contribution is 2.29. The molecule has 1 aliphatic heterocycles. The van der Waals surface area contributed by atoms with Gasteiger partial charge < -0.3 is 14.6 Å². The van der Waals surface area contributed by atoms with Crippen molar-refractivity contribution in [2.75, 3.05) is 13.2 Å². The first-order valence-corrected chi connectivity index (χ1v) is 6.78. The summed E-state index contributed by atoms with van der Waals surface area (Å²) in [5.41, 5.74) is 0.692. The lowest BCUT2D eigenvalue weighted by Gasteiger charge is -2.24. The fraction of sp³-hybridized carbons (Fsp3) is 0.538. The number of aliphatic hydroxyl groups excluding tert-OH is 1. The van der Waals surface area contributed by atoms with Gasteiger partial charge in [0.05, 0.1) is 19.3 Å². The molecular weight excluding hydrogens is 275 g/mol. The highest BCUT2D eigenvalue weighted by atomic mass is 35.5. The zero-order valence-corrected chi connectivity index (χ0v) is 11.5. The molecule has 18 heavy (non-hydrogen) atoms. The van der Waals surface area contributed by atoms with Crippen LogP contribution in [0.2, 0.25) is 10.0 Å². The second kappa shape index (κ2) is 6.73. The molecule has 2 rings (SSSR count). The number of aliphatic hydroxyl groups is 1. The van der Waals surface area contributed by atoms with Crippen LogP contribution in [-0.4, -0.2) is 24.6 Å². The van der Waals surface area contributed by atoms with E-state index in [0.717, 1.165) is 19.6 Å². The first-order chi connectivity index (χ1) is 8.66. The molecule has 0 aromatic heterocycles. The van der Waals surface area contributed by atoms with E-state index in [4.69, 9.17) is 32.7 Å². The van der Waals surface area contributed by atoms with Crippen LogP contribution in [0.25, 0.3) is 0 Å². The molecule has 0 bridgehead atoms. The molecule has 0 amide bonds. The molecule has 1 saturated heterocycles. The molecule has 1 atom stereocenters. The Bertz CT molecular complexity index is 392. The molecule has 0 spiro atoms. The molecule has 1 aromatic rings. The molecule has 1 N–H and O–H groups in total. The lowest BCUT2D eigenvalue weighted by Crippen LogP contribution is -2.25. The first kappa shape index (κ1) is 14.1. The quantitative estimate of drug-likeness (QED) is 0.921. The number of benzene rings is 1. The number of hydrogen-bond acceptors (Lipinski definition) is 3. The van der Waals surface area contributed by atoms with Crippen LogP contribution in [0.5, 0.6) is 0 Å².